The number of hydrogen-bond acceptors (Lipinski definition) is 4. The molecule has 2 aromatic heterocycles. The van der Waals surface area contributed by atoms with Crippen molar-refractivity contribution >= 4 is 16.9 Å². The number of benzene rings is 1. The number of nitrogens with zero attached hydrogens (tertiary/aromatic N) is 2. The van der Waals surface area contributed by atoms with Crippen LogP contribution in [0.4, 0.5) is 13.2 Å². The van der Waals surface area contributed by atoms with E-state index in [2.05, 4.69) is 20.3 Å². The Kier molecular flexibility index (Phi) is 4.89. The van der Waals surface area contributed by atoms with E-state index >= 15 is 0 Å². The Balaban J connectivity index is 1.36. The highest BCUT2D eigenvalue weighted by molar-refractivity contribution is 5.83. The first-order valence-electron chi connectivity index (χ1n) is 9.19. The van der Waals surface area contributed by atoms with Crippen LogP contribution in [0.15, 0.2) is 42.7 Å². The highest BCUT2D eigenvalue weighted by atomic mass is 19.4. The summed E-state index contributed by atoms with van der Waals surface area (Å²) < 4.78 is 41.6. The van der Waals surface area contributed by atoms with E-state index in [1.807, 2.05) is 24.3 Å². The number of halogens is 3. The monoisotopic (exact) mass is 404 g/mol. The first-order chi connectivity index (χ1) is 13.8. The minimum atomic E-state index is -4.42. The van der Waals surface area contributed by atoms with Crippen molar-refractivity contribution in [1.29, 1.82) is 0 Å². The quantitative estimate of drug-likeness (QED) is 0.654. The van der Waals surface area contributed by atoms with Gasteiger partial charge in [-0.15, -0.1) is 0 Å². The van der Waals surface area contributed by atoms with Crippen LogP contribution in [-0.4, -0.2) is 33.6 Å². The summed E-state index contributed by atoms with van der Waals surface area (Å²) in [5.41, 5.74) is 2.37. The normalized spacial score (nSPS) is 19.7. The van der Waals surface area contributed by atoms with E-state index in [1.165, 1.54) is 18.5 Å². The largest absolute Gasteiger partial charge is 0.482 e. The molecule has 2 unspecified atom stereocenters. The number of aromatic amines is 1. The molecule has 4 rings (SSSR count). The van der Waals surface area contributed by atoms with Gasteiger partial charge in [-0.25, -0.2) is 4.98 Å². The van der Waals surface area contributed by atoms with Crippen molar-refractivity contribution in [2.75, 3.05) is 6.61 Å². The molecule has 0 aliphatic heterocycles. The Morgan fingerprint density at radius 3 is 2.90 bits per heavy atom. The van der Waals surface area contributed by atoms with E-state index in [0.717, 1.165) is 16.9 Å². The lowest BCUT2D eigenvalue weighted by Gasteiger charge is -2.15. The molecule has 2 heterocycles. The molecular formula is C20H19F3N4O2. The molecule has 1 saturated carbocycles. The summed E-state index contributed by atoms with van der Waals surface area (Å²) in [4.78, 5) is 24.3. The highest BCUT2D eigenvalue weighted by Crippen LogP contribution is 2.47. The van der Waals surface area contributed by atoms with Crippen LogP contribution in [0, 0.1) is 5.92 Å². The van der Waals surface area contributed by atoms with Gasteiger partial charge in [0.15, 0.2) is 6.61 Å². The second-order valence-corrected chi connectivity index (χ2v) is 7.18. The number of alkyl halides is 3. The van der Waals surface area contributed by atoms with Crippen LogP contribution in [0.1, 0.15) is 36.7 Å². The lowest BCUT2D eigenvalue weighted by atomic mass is 10.1. The van der Waals surface area contributed by atoms with Gasteiger partial charge in [-0.3, -0.25) is 9.78 Å². The summed E-state index contributed by atoms with van der Waals surface area (Å²) in [5, 5.41) is 2.89. The number of carbonyl (C=O) groups is 1. The molecule has 1 aliphatic rings. The van der Waals surface area contributed by atoms with Crippen molar-refractivity contribution in [1.82, 2.24) is 20.3 Å². The third-order valence-corrected chi connectivity index (χ3v) is 4.88. The minimum absolute atomic E-state index is 0.00694. The zero-order chi connectivity index (χ0) is 20.6. The third kappa shape index (κ3) is 4.49. The molecule has 0 saturated heterocycles. The van der Waals surface area contributed by atoms with Crippen molar-refractivity contribution in [2.24, 2.45) is 5.92 Å². The summed E-state index contributed by atoms with van der Waals surface area (Å²) >= 11 is 0. The van der Waals surface area contributed by atoms with Crippen LogP contribution in [0.25, 0.3) is 11.0 Å². The molecule has 1 amide bonds. The van der Waals surface area contributed by atoms with Gasteiger partial charge in [-0.1, -0.05) is 12.1 Å². The van der Waals surface area contributed by atoms with E-state index in [4.69, 9.17) is 4.74 Å². The van der Waals surface area contributed by atoms with Crippen LogP contribution in [0.5, 0.6) is 5.75 Å². The number of amides is 1. The fraction of sp³-hybridized carbons (Fsp3) is 0.350. The number of rotatable bonds is 6. The summed E-state index contributed by atoms with van der Waals surface area (Å²) in [6.07, 6.45) is -1.02. The second kappa shape index (κ2) is 7.38. The molecule has 9 heteroatoms. The average Bonchev–Trinajstić information content (AvgIpc) is 3.38. The fourth-order valence-corrected chi connectivity index (χ4v) is 3.26. The number of ether oxygens (including phenoxy) is 1. The van der Waals surface area contributed by atoms with Crippen molar-refractivity contribution in [2.45, 2.75) is 31.5 Å². The zero-order valence-corrected chi connectivity index (χ0v) is 15.5. The lowest BCUT2D eigenvalue weighted by Crippen LogP contribution is -2.28. The van der Waals surface area contributed by atoms with Crippen LogP contribution in [-0.2, 0) is 4.79 Å². The van der Waals surface area contributed by atoms with Gasteiger partial charge in [-0.05, 0) is 37.1 Å². The molecule has 0 radical (unpaired) electrons. The summed E-state index contributed by atoms with van der Waals surface area (Å²) in [6, 6.07) is 8.71. The van der Waals surface area contributed by atoms with Gasteiger partial charge in [0.05, 0.1) is 23.3 Å². The minimum Gasteiger partial charge on any atom is -0.482 e. The fourth-order valence-electron chi connectivity index (χ4n) is 3.26. The maximum atomic E-state index is 12.6. The molecular weight excluding hydrogens is 385 g/mol. The van der Waals surface area contributed by atoms with Gasteiger partial charge >= 0.3 is 6.18 Å². The third-order valence-electron chi connectivity index (χ3n) is 4.88. The summed E-state index contributed by atoms with van der Waals surface area (Å²) in [5.74, 6) is 0.532. The number of H-pyrrole nitrogens is 1. The van der Waals surface area contributed by atoms with E-state index < -0.39 is 18.8 Å². The lowest BCUT2D eigenvalue weighted by molar-refractivity contribution is -0.153. The predicted molar refractivity (Wildman–Crippen MR) is 99.3 cm³/mol. The van der Waals surface area contributed by atoms with Crippen molar-refractivity contribution in [3.05, 3.63) is 54.1 Å². The van der Waals surface area contributed by atoms with Crippen molar-refractivity contribution < 1.29 is 22.7 Å². The number of nitrogens with one attached hydrogen (secondary N) is 2. The number of hydrogen-bond donors (Lipinski definition) is 2. The number of para-hydroxylation sites is 2. The van der Waals surface area contributed by atoms with Gasteiger partial charge in [0, 0.05) is 18.0 Å². The van der Waals surface area contributed by atoms with Crippen LogP contribution in [0.2, 0.25) is 0 Å². The molecule has 152 valence electrons. The molecule has 6 nitrogen and oxygen atoms in total. The molecule has 1 aliphatic carbocycles. The van der Waals surface area contributed by atoms with Crippen molar-refractivity contribution in [3.63, 3.8) is 0 Å². The smallest absolute Gasteiger partial charge is 0.422 e. The first-order valence-corrected chi connectivity index (χ1v) is 9.19. The van der Waals surface area contributed by atoms with E-state index in [-0.39, 0.29) is 23.5 Å². The topological polar surface area (TPSA) is 79.9 Å². The van der Waals surface area contributed by atoms with Gasteiger partial charge in [0.2, 0.25) is 5.91 Å². The second-order valence-electron chi connectivity index (χ2n) is 7.18. The first kappa shape index (κ1) is 19.2. The van der Waals surface area contributed by atoms with Gasteiger partial charge in [0.1, 0.15) is 11.6 Å². The summed E-state index contributed by atoms with van der Waals surface area (Å²) in [7, 11) is 0. The Hall–Kier alpha value is -3.10. The highest BCUT2D eigenvalue weighted by Gasteiger charge is 2.46. The number of fused-ring (bicyclic) bond motifs is 1. The predicted octanol–water partition coefficient (Wildman–Crippen LogP) is 3.88. The van der Waals surface area contributed by atoms with Gasteiger partial charge < -0.3 is 15.0 Å². The average molecular weight is 404 g/mol. The van der Waals surface area contributed by atoms with Crippen LogP contribution in [0.3, 0.4) is 0 Å². The van der Waals surface area contributed by atoms with E-state index in [9.17, 15) is 18.0 Å². The number of aromatic nitrogens is 3. The number of pyridine rings is 1. The van der Waals surface area contributed by atoms with E-state index in [1.54, 1.807) is 6.92 Å². The van der Waals surface area contributed by atoms with Gasteiger partial charge in [0.25, 0.3) is 0 Å². The SMILES string of the molecule is C[C@@H](NC(=O)C1CC1c1nc2ccccc2[nH]1)c1cncc(OCC(F)(F)F)c1. The Morgan fingerprint density at radius 2 is 2.14 bits per heavy atom. The molecule has 2 N–H and O–H groups in total. The molecule has 3 aromatic rings. The molecule has 29 heavy (non-hydrogen) atoms. The summed E-state index contributed by atoms with van der Waals surface area (Å²) in [6.45, 7) is 0.362. The maximum Gasteiger partial charge on any atom is 0.422 e. The molecule has 1 fully saturated rings. The number of carbonyl (C=O) groups excluding carboxylic acids is 1. The Labute approximate surface area is 164 Å². The van der Waals surface area contributed by atoms with Gasteiger partial charge in [-0.2, -0.15) is 13.2 Å². The molecule has 0 spiro atoms. The van der Waals surface area contributed by atoms with Crippen molar-refractivity contribution in [3.8, 4) is 5.75 Å². The Bertz CT molecular complexity index is 1000. The van der Waals surface area contributed by atoms with Crippen LogP contribution < -0.4 is 10.1 Å². The maximum absolute atomic E-state index is 12.6. The number of imidazole rings is 1. The Morgan fingerprint density at radius 1 is 1.34 bits per heavy atom. The molecule has 1 aromatic carbocycles. The molecule has 0 bridgehead atoms. The molecule has 3 atom stereocenters. The van der Waals surface area contributed by atoms with E-state index in [0.29, 0.717) is 12.0 Å². The zero-order valence-electron chi connectivity index (χ0n) is 15.5. The van der Waals surface area contributed by atoms with Crippen LogP contribution >= 0.6 is 0 Å². The standard InChI is InChI=1S/C20H19F3N4O2/c1-11(12-6-13(9-24-8-12)29-10-20(21,22)23)25-19(28)15-7-14(15)18-26-16-4-2-3-5-17(16)27-18/h2-6,8-9,11,14-15H,7,10H2,1H3,(H,25,28)(H,26,27)/t11-,14?,15?/m1/s1.